The van der Waals surface area contributed by atoms with Crippen molar-refractivity contribution in [1.29, 1.82) is 0 Å². The second kappa shape index (κ2) is 4.14. The van der Waals surface area contributed by atoms with Gasteiger partial charge in [0.15, 0.2) is 0 Å². The van der Waals surface area contributed by atoms with E-state index in [2.05, 4.69) is 27.2 Å². The molecule has 0 unspecified atom stereocenters. The van der Waals surface area contributed by atoms with Gasteiger partial charge < -0.3 is 5.73 Å². The molecule has 3 aromatic heterocycles. The first kappa shape index (κ1) is 10.8. The summed E-state index contributed by atoms with van der Waals surface area (Å²) in [6.45, 7) is 2.12. The van der Waals surface area contributed by atoms with Crippen LogP contribution < -0.4 is 5.73 Å². The maximum absolute atomic E-state index is 5.89. The Balaban J connectivity index is 2.20. The highest BCUT2D eigenvalue weighted by Gasteiger charge is 2.15. The summed E-state index contributed by atoms with van der Waals surface area (Å²) in [7, 11) is 0. The molecular weight excluding hydrogens is 228 g/mol. The second-order valence-electron chi connectivity index (χ2n) is 4.18. The van der Waals surface area contributed by atoms with Gasteiger partial charge in [-0.1, -0.05) is 13.3 Å². The Morgan fingerprint density at radius 1 is 1.39 bits per heavy atom. The van der Waals surface area contributed by atoms with Crippen molar-refractivity contribution in [3.8, 4) is 11.3 Å². The highest BCUT2D eigenvalue weighted by molar-refractivity contribution is 5.80. The molecule has 3 N–H and O–H groups in total. The monoisotopic (exact) mass is 242 g/mol. The molecule has 6 heteroatoms. The molecule has 0 radical (unpaired) electrons. The van der Waals surface area contributed by atoms with E-state index in [-0.39, 0.29) is 0 Å². The summed E-state index contributed by atoms with van der Waals surface area (Å²) in [5.41, 5.74) is 9.81. The molecule has 92 valence electrons. The fourth-order valence-electron chi connectivity index (χ4n) is 2.13. The fraction of sp³-hybridized carbons (Fsp3) is 0.250. The maximum Gasteiger partial charge on any atom is 0.149 e. The number of nitrogens with two attached hydrogens (primary N) is 1. The van der Waals surface area contributed by atoms with Gasteiger partial charge in [-0.2, -0.15) is 10.2 Å². The van der Waals surface area contributed by atoms with Gasteiger partial charge in [0.1, 0.15) is 5.82 Å². The van der Waals surface area contributed by atoms with E-state index in [1.54, 1.807) is 16.9 Å². The Hall–Kier alpha value is -2.37. The summed E-state index contributed by atoms with van der Waals surface area (Å²) in [5.74, 6) is 0.565. The number of nitrogens with one attached hydrogen (secondary N) is 1. The van der Waals surface area contributed by atoms with Crippen molar-refractivity contribution in [2.24, 2.45) is 0 Å². The third kappa shape index (κ3) is 1.54. The zero-order chi connectivity index (χ0) is 12.5. The van der Waals surface area contributed by atoms with Crippen LogP contribution in [0, 0.1) is 0 Å². The number of H-pyrrole nitrogens is 1. The van der Waals surface area contributed by atoms with E-state index in [0.29, 0.717) is 5.82 Å². The molecule has 0 aliphatic rings. The van der Waals surface area contributed by atoms with Gasteiger partial charge in [0.2, 0.25) is 0 Å². The zero-order valence-electron chi connectivity index (χ0n) is 10.1. The fourth-order valence-corrected chi connectivity index (χ4v) is 2.13. The van der Waals surface area contributed by atoms with Gasteiger partial charge in [-0.15, -0.1) is 0 Å². The number of nitrogens with zero attached hydrogens (tertiary/aromatic N) is 4. The Bertz CT molecular complexity index is 681. The van der Waals surface area contributed by atoms with Crippen LogP contribution in [0.15, 0.2) is 24.8 Å². The van der Waals surface area contributed by atoms with Crippen LogP contribution in [0.5, 0.6) is 0 Å². The summed E-state index contributed by atoms with van der Waals surface area (Å²) < 4.78 is 1.79. The van der Waals surface area contributed by atoms with Crippen molar-refractivity contribution >= 4 is 11.3 Å². The highest BCUT2D eigenvalue weighted by Crippen LogP contribution is 2.29. The van der Waals surface area contributed by atoms with Crippen LogP contribution in [0.4, 0.5) is 5.82 Å². The van der Waals surface area contributed by atoms with Crippen molar-refractivity contribution in [2.45, 2.75) is 19.8 Å². The minimum atomic E-state index is 0.565. The van der Waals surface area contributed by atoms with Crippen LogP contribution >= 0.6 is 0 Å². The van der Waals surface area contributed by atoms with Crippen molar-refractivity contribution in [1.82, 2.24) is 24.8 Å². The number of fused-ring (bicyclic) bond motifs is 1. The van der Waals surface area contributed by atoms with Gasteiger partial charge in [-0.25, -0.2) is 4.52 Å². The van der Waals surface area contributed by atoms with Crippen LogP contribution in [-0.4, -0.2) is 24.8 Å². The standard InChI is InChI=1S/C12H14N6/c1-2-3-8-11(16-17-12(8)13)9-6-15-18-5-4-14-7-10(9)18/h4-7H,2-3H2,1H3,(H3,13,16,17). The summed E-state index contributed by atoms with van der Waals surface area (Å²) >= 11 is 0. The van der Waals surface area contributed by atoms with Crippen LogP contribution in [0.3, 0.4) is 0 Å². The molecule has 0 bridgehead atoms. The molecule has 0 saturated carbocycles. The van der Waals surface area contributed by atoms with Crippen LogP contribution in [0.1, 0.15) is 18.9 Å². The largest absolute Gasteiger partial charge is 0.382 e. The predicted molar refractivity (Wildman–Crippen MR) is 69.0 cm³/mol. The van der Waals surface area contributed by atoms with Gasteiger partial charge in [0.25, 0.3) is 0 Å². The van der Waals surface area contributed by atoms with Crippen LogP contribution in [-0.2, 0) is 6.42 Å². The van der Waals surface area contributed by atoms with Gasteiger partial charge in [0.05, 0.1) is 23.6 Å². The van der Waals surface area contributed by atoms with E-state index in [0.717, 1.165) is 35.2 Å². The van der Waals surface area contributed by atoms with Gasteiger partial charge in [0, 0.05) is 23.5 Å². The van der Waals surface area contributed by atoms with E-state index in [4.69, 9.17) is 5.73 Å². The Morgan fingerprint density at radius 3 is 3.11 bits per heavy atom. The number of anilines is 1. The number of hydrogen-bond acceptors (Lipinski definition) is 4. The number of hydrogen-bond donors (Lipinski definition) is 2. The highest BCUT2D eigenvalue weighted by atomic mass is 15.2. The molecule has 3 heterocycles. The SMILES string of the molecule is CCCc1c(N)n[nH]c1-c1cnn2ccncc12. The molecule has 3 aromatic rings. The van der Waals surface area contributed by atoms with E-state index < -0.39 is 0 Å². The molecule has 0 amide bonds. The third-order valence-corrected chi connectivity index (χ3v) is 2.99. The Labute approximate surface area is 104 Å². The molecule has 0 fully saturated rings. The lowest BCUT2D eigenvalue weighted by molar-refractivity contribution is 0.927. The molecule has 0 aromatic carbocycles. The smallest absolute Gasteiger partial charge is 0.149 e. The summed E-state index contributed by atoms with van der Waals surface area (Å²) in [6, 6.07) is 0. The molecule has 18 heavy (non-hydrogen) atoms. The van der Waals surface area contributed by atoms with E-state index >= 15 is 0 Å². The molecule has 0 aliphatic heterocycles. The average Bonchev–Trinajstić information content (AvgIpc) is 2.95. The lowest BCUT2D eigenvalue weighted by Crippen LogP contribution is -1.92. The topological polar surface area (TPSA) is 84.9 Å². The number of nitrogen functional groups attached to an aromatic ring is 1. The number of aromatic nitrogens is 5. The lowest BCUT2D eigenvalue weighted by Gasteiger charge is -2.01. The molecule has 6 nitrogen and oxygen atoms in total. The molecule has 0 aliphatic carbocycles. The molecule has 0 saturated heterocycles. The zero-order valence-corrected chi connectivity index (χ0v) is 10.1. The van der Waals surface area contributed by atoms with Crippen LogP contribution in [0.2, 0.25) is 0 Å². The summed E-state index contributed by atoms with van der Waals surface area (Å²) in [5, 5.41) is 11.4. The molecule has 0 spiro atoms. The summed E-state index contributed by atoms with van der Waals surface area (Å²) in [4.78, 5) is 4.13. The summed E-state index contributed by atoms with van der Waals surface area (Å²) in [6.07, 6.45) is 9.04. The Kier molecular flexibility index (Phi) is 2.47. The van der Waals surface area contributed by atoms with Gasteiger partial charge >= 0.3 is 0 Å². The first-order chi connectivity index (χ1) is 8.81. The lowest BCUT2D eigenvalue weighted by atomic mass is 10.1. The number of aromatic amines is 1. The quantitative estimate of drug-likeness (QED) is 0.731. The molecular formula is C12H14N6. The maximum atomic E-state index is 5.89. The average molecular weight is 242 g/mol. The van der Waals surface area contributed by atoms with Crippen molar-refractivity contribution < 1.29 is 0 Å². The van der Waals surface area contributed by atoms with E-state index in [1.807, 2.05) is 12.4 Å². The normalized spacial score (nSPS) is 11.2. The van der Waals surface area contributed by atoms with Crippen molar-refractivity contribution in [2.75, 3.05) is 5.73 Å². The van der Waals surface area contributed by atoms with Crippen molar-refractivity contribution in [3.05, 3.63) is 30.4 Å². The van der Waals surface area contributed by atoms with Crippen molar-refractivity contribution in [3.63, 3.8) is 0 Å². The first-order valence-corrected chi connectivity index (χ1v) is 5.91. The third-order valence-electron chi connectivity index (χ3n) is 2.99. The van der Waals surface area contributed by atoms with Gasteiger partial charge in [-0.3, -0.25) is 10.1 Å². The minimum absolute atomic E-state index is 0.565. The predicted octanol–water partition coefficient (Wildman–Crippen LogP) is 1.65. The molecule has 3 rings (SSSR count). The first-order valence-electron chi connectivity index (χ1n) is 5.91. The minimum Gasteiger partial charge on any atom is -0.382 e. The second-order valence-corrected chi connectivity index (χ2v) is 4.18. The van der Waals surface area contributed by atoms with E-state index in [9.17, 15) is 0 Å². The van der Waals surface area contributed by atoms with Crippen LogP contribution in [0.25, 0.3) is 16.8 Å². The molecule has 0 atom stereocenters. The van der Waals surface area contributed by atoms with Gasteiger partial charge in [-0.05, 0) is 6.42 Å². The number of rotatable bonds is 3. The Morgan fingerprint density at radius 2 is 2.28 bits per heavy atom. The van der Waals surface area contributed by atoms with E-state index in [1.165, 1.54) is 0 Å².